The molecule has 0 nitrogen and oxygen atoms in total. The summed E-state index contributed by atoms with van der Waals surface area (Å²) in [7, 11) is 0. The lowest BCUT2D eigenvalue weighted by Crippen LogP contribution is -1.76. The van der Waals surface area contributed by atoms with Gasteiger partial charge in [0.05, 0.1) is 0 Å². The Kier molecular flexibility index (Phi) is 1.86. The molecule has 0 fully saturated rings. The van der Waals surface area contributed by atoms with Gasteiger partial charge in [-0.25, -0.2) is 0 Å². The van der Waals surface area contributed by atoms with Crippen LogP contribution in [0.3, 0.4) is 0 Å². The fraction of sp³-hybridized carbons (Fsp3) is 0. The predicted molar refractivity (Wildman–Crippen MR) is 67.3 cm³/mol. The van der Waals surface area contributed by atoms with Crippen molar-refractivity contribution in [1.29, 1.82) is 0 Å². The zero-order chi connectivity index (χ0) is 10.3. The Balaban J connectivity index is 2.47. The van der Waals surface area contributed by atoms with Crippen LogP contribution in [0.15, 0.2) is 59.5 Å². The Labute approximate surface area is 93.9 Å². The lowest BCUT2D eigenvalue weighted by Gasteiger charge is -2.02. The molecule has 15 heavy (non-hydrogen) atoms. The van der Waals surface area contributed by atoms with Gasteiger partial charge in [-0.2, -0.15) is 0 Å². The van der Waals surface area contributed by atoms with Crippen LogP contribution in [0.5, 0.6) is 0 Å². The summed E-state index contributed by atoms with van der Waals surface area (Å²) >= 11 is 5.16. The van der Waals surface area contributed by atoms with Gasteiger partial charge >= 0.3 is 0 Å². The Morgan fingerprint density at radius 1 is 0.600 bits per heavy atom. The molecule has 0 spiro atoms. The van der Waals surface area contributed by atoms with Gasteiger partial charge in [0, 0.05) is 4.90 Å². The van der Waals surface area contributed by atoms with Gasteiger partial charge in [-0.3, -0.25) is 0 Å². The van der Waals surface area contributed by atoms with Gasteiger partial charge in [-0.15, -0.1) is 0 Å². The first-order chi connectivity index (χ1) is 7.33. The van der Waals surface area contributed by atoms with Gasteiger partial charge < -0.3 is 0 Å². The van der Waals surface area contributed by atoms with Crippen LogP contribution in [0.1, 0.15) is 0 Å². The first-order valence-corrected chi connectivity index (χ1v) is 5.33. The second kappa shape index (κ2) is 3.21. The van der Waals surface area contributed by atoms with Crippen molar-refractivity contribution in [3.63, 3.8) is 0 Å². The molecule has 1 heteroatoms. The van der Waals surface area contributed by atoms with E-state index in [1.165, 1.54) is 21.5 Å². The fourth-order valence-electron chi connectivity index (χ4n) is 1.92. The van der Waals surface area contributed by atoms with E-state index in [1.54, 1.807) is 0 Å². The van der Waals surface area contributed by atoms with Crippen LogP contribution in [0, 0.1) is 0 Å². The highest BCUT2D eigenvalue weighted by Crippen LogP contribution is 2.24. The number of hydrogen-bond acceptors (Lipinski definition) is 0. The summed E-state index contributed by atoms with van der Waals surface area (Å²) < 4.78 is 0. The van der Waals surface area contributed by atoms with Gasteiger partial charge in [0.2, 0.25) is 0 Å². The average Bonchev–Trinajstić information content (AvgIpc) is 2.26. The molecular weight excluding hydrogens is 200 g/mol. The van der Waals surface area contributed by atoms with Crippen molar-refractivity contribution in [1.82, 2.24) is 0 Å². The maximum absolute atomic E-state index is 5.16. The average molecular weight is 209 g/mol. The monoisotopic (exact) mass is 209 g/mol. The van der Waals surface area contributed by atoms with E-state index in [0.29, 0.717) is 0 Å². The second-order valence-electron chi connectivity index (χ2n) is 3.71. The van der Waals surface area contributed by atoms with Crippen molar-refractivity contribution in [3.05, 3.63) is 54.6 Å². The van der Waals surface area contributed by atoms with E-state index in [9.17, 15) is 0 Å². The summed E-state index contributed by atoms with van der Waals surface area (Å²) in [6, 6.07) is 18.9. The number of fused-ring (bicyclic) bond motifs is 2. The highest BCUT2D eigenvalue weighted by Gasteiger charge is 1.97. The number of rotatable bonds is 0. The quantitative estimate of drug-likeness (QED) is 0.476. The zero-order valence-corrected chi connectivity index (χ0v) is 8.92. The van der Waals surface area contributed by atoms with Crippen molar-refractivity contribution in [2.75, 3.05) is 0 Å². The molecule has 0 aliphatic carbocycles. The maximum Gasteiger partial charge on any atom is 0.0383 e. The standard InChI is InChI=1S/C14H9S/c15-14-6-5-12-7-10-3-1-2-4-11(10)8-13(12)9-14/h1-9H. The fourth-order valence-corrected chi connectivity index (χ4v) is 2.11. The molecule has 0 aliphatic heterocycles. The first-order valence-electron chi connectivity index (χ1n) is 4.92. The summed E-state index contributed by atoms with van der Waals surface area (Å²) in [5.74, 6) is 0. The molecule has 3 aromatic carbocycles. The van der Waals surface area contributed by atoms with Crippen LogP contribution in [-0.2, 0) is 0 Å². The van der Waals surface area contributed by atoms with Crippen molar-refractivity contribution in [2.24, 2.45) is 0 Å². The third-order valence-corrected chi connectivity index (χ3v) is 2.93. The molecule has 1 radical (unpaired) electrons. The Morgan fingerprint density at radius 2 is 1.20 bits per heavy atom. The largest absolute Gasteiger partial charge is 0.0801 e. The van der Waals surface area contributed by atoms with Crippen LogP contribution in [-0.4, -0.2) is 0 Å². The van der Waals surface area contributed by atoms with Gasteiger partial charge in [0.15, 0.2) is 0 Å². The van der Waals surface area contributed by atoms with E-state index in [-0.39, 0.29) is 0 Å². The van der Waals surface area contributed by atoms with Crippen molar-refractivity contribution < 1.29 is 0 Å². The van der Waals surface area contributed by atoms with E-state index < -0.39 is 0 Å². The molecule has 0 N–H and O–H groups in total. The van der Waals surface area contributed by atoms with Crippen LogP contribution < -0.4 is 0 Å². The summed E-state index contributed by atoms with van der Waals surface area (Å²) in [5, 5.41) is 5.02. The van der Waals surface area contributed by atoms with Crippen LogP contribution in [0.2, 0.25) is 0 Å². The van der Waals surface area contributed by atoms with Gasteiger partial charge in [0.1, 0.15) is 0 Å². The molecule has 0 bridgehead atoms. The van der Waals surface area contributed by atoms with Crippen molar-refractivity contribution in [3.8, 4) is 0 Å². The minimum absolute atomic E-state index is 0.901. The molecule has 0 heterocycles. The van der Waals surface area contributed by atoms with E-state index >= 15 is 0 Å². The van der Waals surface area contributed by atoms with Crippen LogP contribution in [0.4, 0.5) is 0 Å². The lowest BCUT2D eigenvalue weighted by molar-refractivity contribution is 1.53. The number of benzene rings is 3. The third kappa shape index (κ3) is 1.45. The third-order valence-electron chi connectivity index (χ3n) is 2.68. The second-order valence-corrected chi connectivity index (χ2v) is 4.18. The van der Waals surface area contributed by atoms with Gasteiger partial charge in [-0.05, 0) is 45.8 Å². The lowest BCUT2D eigenvalue weighted by atomic mass is 10.0. The Bertz CT molecular complexity index is 641. The molecular formula is C14H9S. The number of hydrogen-bond donors (Lipinski definition) is 0. The Morgan fingerprint density at radius 3 is 1.93 bits per heavy atom. The van der Waals surface area contributed by atoms with E-state index in [2.05, 4.69) is 48.5 Å². The molecule has 0 saturated heterocycles. The van der Waals surface area contributed by atoms with Crippen molar-refractivity contribution >= 4 is 34.2 Å². The highest BCUT2D eigenvalue weighted by molar-refractivity contribution is 7.80. The molecule has 3 aromatic rings. The first kappa shape index (κ1) is 8.69. The molecule has 0 aliphatic rings. The summed E-state index contributed by atoms with van der Waals surface area (Å²) in [6.07, 6.45) is 0. The molecule has 3 rings (SSSR count). The molecule has 0 aromatic heterocycles. The Hall–Kier alpha value is -1.60. The van der Waals surface area contributed by atoms with E-state index in [0.717, 1.165) is 4.90 Å². The van der Waals surface area contributed by atoms with E-state index in [4.69, 9.17) is 12.6 Å². The molecule has 0 atom stereocenters. The van der Waals surface area contributed by atoms with E-state index in [1.807, 2.05) is 6.07 Å². The SMILES string of the molecule is [S]c1ccc2cc3ccccc3cc2c1. The molecule has 0 saturated carbocycles. The minimum atomic E-state index is 0.901. The topological polar surface area (TPSA) is 0 Å². The zero-order valence-electron chi connectivity index (χ0n) is 8.10. The maximum atomic E-state index is 5.16. The van der Waals surface area contributed by atoms with Crippen LogP contribution in [0.25, 0.3) is 21.5 Å². The summed E-state index contributed by atoms with van der Waals surface area (Å²) in [4.78, 5) is 0.901. The summed E-state index contributed by atoms with van der Waals surface area (Å²) in [5.41, 5.74) is 0. The molecule has 0 amide bonds. The highest BCUT2D eigenvalue weighted by atomic mass is 32.1. The predicted octanol–water partition coefficient (Wildman–Crippen LogP) is 4.55. The summed E-state index contributed by atoms with van der Waals surface area (Å²) in [6.45, 7) is 0. The van der Waals surface area contributed by atoms with Crippen molar-refractivity contribution in [2.45, 2.75) is 4.90 Å². The smallest absolute Gasteiger partial charge is 0.0383 e. The minimum Gasteiger partial charge on any atom is -0.0801 e. The molecule has 71 valence electrons. The molecule has 0 unspecified atom stereocenters. The van der Waals surface area contributed by atoms with Gasteiger partial charge in [0.25, 0.3) is 0 Å². The van der Waals surface area contributed by atoms with Gasteiger partial charge in [-0.1, -0.05) is 43.0 Å². The van der Waals surface area contributed by atoms with Crippen LogP contribution >= 0.6 is 12.6 Å². The normalized spacial score (nSPS) is 10.9.